The summed E-state index contributed by atoms with van der Waals surface area (Å²) in [5, 5.41) is 0. The standard InChI is InChI=1S/C26H28N2O4S2/c1-21-7-13-25(14-8-21)34(30,31)28-17-15-27(16-18-28)26(29)22-9-11-23(12-10-22)32-19-20-33-24-5-3-2-4-6-24/h2-14H,15-20H2,1H3. The van der Waals surface area contributed by atoms with Gasteiger partial charge in [-0.3, -0.25) is 4.79 Å². The minimum Gasteiger partial charge on any atom is -0.493 e. The molecule has 0 saturated carbocycles. The first-order chi connectivity index (χ1) is 16.4. The summed E-state index contributed by atoms with van der Waals surface area (Å²) < 4.78 is 33.0. The third-order valence-corrected chi connectivity index (χ3v) is 8.54. The van der Waals surface area contributed by atoms with E-state index in [-0.39, 0.29) is 23.9 Å². The van der Waals surface area contributed by atoms with Crippen molar-refractivity contribution in [2.45, 2.75) is 16.7 Å². The van der Waals surface area contributed by atoms with Crippen molar-refractivity contribution in [3.63, 3.8) is 0 Å². The van der Waals surface area contributed by atoms with Gasteiger partial charge in [-0.05, 0) is 55.5 Å². The molecule has 1 aliphatic rings. The van der Waals surface area contributed by atoms with Crippen LogP contribution in [0.2, 0.25) is 0 Å². The molecule has 0 bridgehead atoms. The Morgan fingerprint density at radius 3 is 2.18 bits per heavy atom. The van der Waals surface area contributed by atoms with E-state index in [0.29, 0.717) is 25.3 Å². The van der Waals surface area contributed by atoms with Crippen molar-refractivity contribution in [1.82, 2.24) is 9.21 Å². The highest BCUT2D eigenvalue weighted by Crippen LogP contribution is 2.21. The molecule has 6 nitrogen and oxygen atoms in total. The van der Waals surface area contributed by atoms with Gasteiger partial charge in [-0.25, -0.2) is 8.42 Å². The van der Waals surface area contributed by atoms with Gasteiger partial charge in [-0.2, -0.15) is 4.31 Å². The van der Waals surface area contributed by atoms with Crippen LogP contribution in [-0.2, 0) is 10.0 Å². The summed E-state index contributed by atoms with van der Waals surface area (Å²) in [7, 11) is -3.55. The molecule has 0 radical (unpaired) electrons. The normalized spacial score (nSPS) is 14.7. The van der Waals surface area contributed by atoms with E-state index in [4.69, 9.17) is 4.74 Å². The highest BCUT2D eigenvalue weighted by molar-refractivity contribution is 7.99. The number of carbonyl (C=O) groups is 1. The molecule has 1 amide bonds. The van der Waals surface area contributed by atoms with Crippen LogP contribution in [0.25, 0.3) is 0 Å². The zero-order valence-corrected chi connectivity index (χ0v) is 20.7. The third kappa shape index (κ3) is 6.00. The fraction of sp³-hybridized carbons (Fsp3) is 0.269. The minimum absolute atomic E-state index is 0.0985. The van der Waals surface area contributed by atoms with Gasteiger partial charge in [-0.1, -0.05) is 35.9 Å². The summed E-state index contributed by atoms with van der Waals surface area (Å²) in [6.45, 7) is 3.77. The van der Waals surface area contributed by atoms with E-state index in [0.717, 1.165) is 17.1 Å². The maximum atomic E-state index is 12.9. The molecule has 3 aromatic carbocycles. The zero-order chi connectivity index (χ0) is 24.0. The predicted molar refractivity (Wildman–Crippen MR) is 135 cm³/mol. The van der Waals surface area contributed by atoms with Crippen molar-refractivity contribution in [3.8, 4) is 5.75 Å². The number of rotatable bonds is 8. The number of nitrogens with zero attached hydrogens (tertiary/aromatic N) is 2. The maximum Gasteiger partial charge on any atom is 0.253 e. The molecule has 0 aromatic heterocycles. The van der Waals surface area contributed by atoms with Crippen molar-refractivity contribution >= 4 is 27.7 Å². The molecule has 8 heteroatoms. The van der Waals surface area contributed by atoms with Crippen molar-refractivity contribution in [3.05, 3.63) is 90.0 Å². The topological polar surface area (TPSA) is 66.9 Å². The highest BCUT2D eigenvalue weighted by Gasteiger charge is 2.30. The maximum absolute atomic E-state index is 12.9. The number of sulfonamides is 1. The summed E-state index contributed by atoms with van der Waals surface area (Å²) in [4.78, 5) is 16.1. The van der Waals surface area contributed by atoms with E-state index in [9.17, 15) is 13.2 Å². The van der Waals surface area contributed by atoms with Crippen LogP contribution in [0, 0.1) is 6.92 Å². The van der Waals surface area contributed by atoms with Crippen LogP contribution in [0.15, 0.2) is 88.7 Å². The zero-order valence-electron chi connectivity index (χ0n) is 19.1. The monoisotopic (exact) mass is 496 g/mol. The number of thioether (sulfide) groups is 1. The number of carbonyl (C=O) groups excluding carboxylic acids is 1. The molecule has 1 fully saturated rings. The molecule has 1 saturated heterocycles. The largest absolute Gasteiger partial charge is 0.493 e. The van der Waals surface area contributed by atoms with E-state index in [1.165, 1.54) is 9.20 Å². The Labute approximate surface area is 205 Å². The van der Waals surface area contributed by atoms with Crippen LogP contribution in [0.4, 0.5) is 0 Å². The molecular weight excluding hydrogens is 468 g/mol. The van der Waals surface area contributed by atoms with Gasteiger partial charge in [0.05, 0.1) is 11.5 Å². The summed E-state index contributed by atoms with van der Waals surface area (Å²) >= 11 is 1.73. The SMILES string of the molecule is Cc1ccc(S(=O)(=O)N2CCN(C(=O)c3ccc(OCCSc4ccccc4)cc3)CC2)cc1. The first-order valence-corrected chi connectivity index (χ1v) is 13.6. The molecule has 1 aliphatic heterocycles. The van der Waals surface area contributed by atoms with E-state index in [1.54, 1.807) is 65.2 Å². The second-order valence-corrected chi connectivity index (χ2v) is 11.1. The fourth-order valence-electron chi connectivity index (χ4n) is 3.70. The second kappa shape index (κ2) is 11.1. The van der Waals surface area contributed by atoms with Gasteiger partial charge in [0.15, 0.2) is 0 Å². The Balaban J connectivity index is 1.26. The van der Waals surface area contributed by atoms with Gasteiger partial charge in [0.25, 0.3) is 5.91 Å². The summed E-state index contributed by atoms with van der Waals surface area (Å²) in [5.74, 6) is 1.46. The lowest BCUT2D eigenvalue weighted by Crippen LogP contribution is -2.50. The van der Waals surface area contributed by atoms with Gasteiger partial charge < -0.3 is 9.64 Å². The first kappa shape index (κ1) is 24.3. The summed E-state index contributed by atoms with van der Waals surface area (Å²) in [5.41, 5.74) is 1.58. The molecule has 0 aliphatic carbocycles. The van der Waals surface area contributed by atoms with Gasteiger partial charge in [0.1, 0.15) is 5.75 Å². The van der Waals surface area contributed by atoms with Crippen molar-refractivity contribution in [2.75, 3.05) is 38.5 Å². The Bertz CT molecular complexity index is 1190. The molecule has 3 aromatic rings. The highest BCUT2D eigenvalue weighted by atomic mass is 32.2. The fourth-order valence-corrected chi connectivity index (χ4v) is 5.88. The Hall–Kier alpha value is -2.81. The van der Waals surface area contributed by atoms with Crippen molar-refractivity contribution in [1.29, 1.82) is 0 Å². The Morgan fingerprint density at radius 2 is 1.53 bits per heavy atom. The summed E-state index contributed by atoms with van der Waals surface area (Å²) in [6, 6.07) is 24.2. The molecule has 1 heterocycles. The molecule has 178 valence electrons. The number of amides is 1. The molecule has 0 spiro atoms. The lowest BCUT2D eigenvalue weighted by Gasteiger charge is -2.34. The van der Waals surface area contributed by atoms with Gasteiger partial charge in [0.2, 0.25) is 10.0 Å². The predicted octanol–water partition coefficient (Wildman–Crippen LogP) is 4.31. The van der Waals surface area contributed by atoms with Crippen molar-refractivity contribution < 1.29 is 17.9 Å². The molecule has 4 rings (SSSR count). The van der Waals surface area contributed by atoms with Gasteiger partial charge >= 0.3 is 0 Å². The lowest BCUT2D eigenvalue weighted by atomic mass is 10.2. The number of hydrogen-bond acceptors (Lipinski definition) is 5. The number of aryl methyl sites for hydroxylation is 1. The smallest absolute Gasteiger partial charge is 0.253 e. The number of piperazine rings is 1. The van der Waals surface area contributed by atoms with Crippen LogP contribution in [-0.4, -0.2) is 62.1 Å². The van der Waals surface area contributed by atoms with Crippen molar-refractivity contribution in [2.24, 2.45) is 0 Å². The number of benzene rings is 3. The van der Waals surface area contributed by atoms with Crippen LogP contribution >= 0.6 is 11.8 Å². The number of ether oxygens (including phenoxy) is 1. The quantitative estimate of drug-likeness (QED) is 0.343. The summed E-state index contributed by atoms with van der Waals surface area (Å²) in [6.07, 6.45) is 0. The number of hydrogen-bond donors (Lipinski definition) is 0. The average molecular weight is 497 g/mol. The molecular formula is C26H28N2O4S2. The molecule has 0 N–H and O–H groups in total. The molecule has 34 heavy (non-hydrogen) atoms. The third-order valence-electron chi connectivity index (χ3n) is 5.65. The first-order valence-electron chi connectivity index (χ1n) is 11.2. The van der Waals surface area contributed by atoms with Gasteiger partial charge in [0, 0.05) is 42.4 Å². The average Bonchev–Trinajstić information content (AvgIpc) is 2.87. The van der Waals surface area contributed by atoms with E-state index in [2.05, 4.69) is 12.1 Å². The van der Waals surface area contributed by atoms with E-state index < -0.39 is 10.0 Å². The van der Waals surface area contributed by atoms with Crippen LogP contribution in [0.1, 0.15) is 15.9 Å². The Kier molecular flexibility index (Phi) is 7.92. The van der Waals surface area contributed by atoms with E-state index in [1.807, 2.05) is 25.1 Å². The van der Waals surface area contributed by atoms with Crippen LogP contribution < -0.4 is 4.74 Å². The Morgan fingerprint density at radius 1 is 0.882 bits per heavy atom. The molecule has 0 atom stereocenters. The minimum atomic E-state index is -3.55. The van der Waals surface area contributed by atoms with Crippen LogP contribution in [0.5, 0.6) is 5.75 Å². The van der Waals surface area contributed by atoms with E-state index >= 15 is 0 Å². The van der Waals surface area contributed by atoms with Gasteiger partial charge in [-0.15, -0.1) is 11.8 Å². The molecule has 0 unspecified atom stereocenters. The second-order valence-electron chi connectivity index (χ2n) is 8.04. The van der Waals surface area contributed by atoms with Crippen LogP contribution in [0.3, 0.4) is 0 Å². The lowest BCUT2D eigenvalue weighted by molar-refractivity contribution is 0.0698.